The van der Waals surface area contributed by atoms with Crippen molar-refractivity contribution in [1.29, 1.82) is 0 Å². The van der Waals surface area contributed by atoms with Gasteiger partial charge < -0.3 is 9.84 Å². The van der Waals surface area contributed by atoms with Crippen molar-refractivity contribution < 1.29 is 14.6 Å². The lowest BCUT2D eigenvalue weighted by atomic mass is 9.43. The highest BCUT2D eigenvalue weighted by atomic mass is 127. The van der Waals surface area contributed by atoms with Crippen LogP contribution in [0.5, 0.6) is 0 Å². The van der Waals surface area contributed by atoms with Gasteiger partial charge in [0.25, 0.3) is 0 Å². The van der Waals surface area contributed by atoms with Gasteiger partial charge in [0, 0.05) is 22.7 Å². The van der Waals surface area contributed by atoms with Crippen molar-refractivity contribution in [2.45, 2.75) is 128 Å². The van der Waals surface area contributed by atoms with E-state index in [0.717, 1.165) is 48.9 Å². The fourth-order valence-corrected chi connectivity index (χ4v) is 11.1. The highest BCUT2D eigenvalue weighted by Crippen LogP contribution is 2.70. The summed E-state index contributed by atoms with van der Waals surface area (Å²) in [6, 6.07) is 0. The maximum Gasteiger partial charge on any atom is 0.302 e. The van der Waals surface area contributed by atoms with Gasteiger partial charge in [-0.05, 0) is 85.9 Å². The predicted molar refractivity (Wildman–Crippen MR) is 143 cm³/mol. The molecule has 1 N–H and O–H groups in total. The summed E-state index contributed by atoms with van der Waals surface area (Å²) in [6.07, 6.45) is 13.1. The molecule has 0 amide bonds. The smallest absolute Gasteiger partial charge is 0.302 e. The Bertz CT molecular complexity index is 724. The quantitative estimate of drug-likeness (QED) is 0.203. The van der Waals surface area contributed by atoms with Crippen molar-refractivity contribution in [3.05, 3.63) is 0 Å². The highest BCUT2D eigenvalue weighted by Gasteiger charge is 2.67. The van der Waals surface area contributed by atoms with Crippen molar-refractivity contribution in [2.75, 3.05) is 0 Å². The molecular weight excluding hydrogens is 523 g/mol. The molecule has 0 aliphatic heterocycles. The first kappa shape index (κ1) is 26.2. The molecule has 0 unspecified atom stereocenters. The van der Waals surface area contributed by atoms with Gasteiger partial charge in [-0.1, -0.05) is 76.5 Å². The average molecular weight is 573 g/mol. The molecule has 10 atom stereocenters. The minimum absolute atomic E-state index is 0.0548. The average Bonchev–Trinajstić information content (AvgIpc) is 3.07. The van der Waals surface area contributed by atoms with Crippen molar-refractivity contribution in [1.82, 2.24) is 0 Å². The molecule has 4 saturated carbocycles. The van der Waals surface area contributed by atoms with Gasteiger partial charge in [-0.25, -0.2) is 0 Å². The number of hydrogen-bond acceptors (Lipinski definition) is 3. The van der Waals surface area contributed by atoms with Crippen LogP contribution < -0.4 is 0 Å². The molecule has 0 aromatic rings. The van der Waals surface area contributed by atoms with Crippen molar-refractivity contribution >= 4 is 28.6 Å². The van der Waals surface area contributed by atoms with E-state index in [4.69, 9.17) is 4.74 Å². The third-order valence-corrected chi connectivity index (χ3v) is 12.8. The lowest BCUT2D eigenvalue weighted by molar-refractivity contribution is -0.218. The molecule has 4 aliphatic rings. The van der Waals surface area contributed by atoms with Crippen LogP contribution in [-0.2, 0) is 9.53 Å². The number of carbonyl (C=O) groups is 1. The van der Waals surface area contributed by atoms with E-state index < -0.39 is 5.60 Å². The molecule has 0 aromatic carbocycles. The second-order valence-electron chi connectivity index (χ2n) is 13.4. The Morgan fingerprint density at radius 2 is 1.79 bits per heavy atom. The maximum absolute atomic E-state index is 12.1. The number of halogens is 1. The van der Waals surface area contributed by atoms with Gasteiger partial charge in [0.1, 0.15) is 6.10 Å². The van der Waals surface area contributed by atoms with E-state index in [1.54, 1.807) is 0 Å². The molecule has 4 rings (SSSR count). The lowest BCUT2D eigenvalue weighted by Gasteiger charge is -2.65. The van der Waals surface area contributed by atoms with Crippen LogP contribution in [0.3, 0.4) is 0 Å². The number of ether oxygens (including phenoxy) is 1. The normalized spacial score (nSPS) is 48.0. The van der Waals surface area contributed by atoms with Gasteiger partial charge >= 0.3 is 5.97 Å². The largest absolute Gasteiger partial charge is 0.462 e. The van der Waals surface area contributed by atoms with E-state index in [9.17, 15) is 9.90 Å². The van der Waals surface area contributed by atoms with E-state index in [1.807, 2.05) is 0 Å². The highest BCUT2D eigenvalue weighted by molar-refractivity contribution is 14.1. The summed E-state index contributed by atoms with van der Waals surface area (Å²) in [7, 11) is 0. The van der Waals surface area contributed by atoms with Crippen LogP contribution in [0.2, 0.25) is 0 Å². The van der Waals surface area contributed by atoms with Crippen molar-refractivity contribution in [3.63, 3.8) is 0 Å². The van der Waals surface area contributed by atoms with Crippen molar-refractivity contribution in [2.24, 2.45) is 46.3 Å². The third-order valence-electron chi connectivity index (χ3n) is 11.3. The topological polar surface area (TPSA) is 46.5 Å². The molecule has 0 aromatic heterocycles. The molecule has 0 saturated heterocycles. The number of rotatable bonds is 6. The summed E-state index contributed by atoms with van der Waals surface area (Å²) in [5.74, 6) is 4.49. The molecule has 0 bridgehead atoms. The first-order chi connectivity index (χ1) is 15.4. The van der Waals surface area contributed by atoms with Crippen LogP contribution in [0.1, 0.15) is 112 Å². The summed E-state index contributed by atoms with van der Waals surface area (Å²) in [5, 5.41) is 12.1. The minimum atomic E-state index is -0.719. The second-order valence-corrected chi connectivity index (χ2v) is 14.9. The van der Waals surface area contributed by atoms with Crippen LogP contribution in [-0.4, -0.2) is 26.7 Å². The predicted octanol–water partition coefficient (Wildman–Crippen LogP) is 7.57. The van der Waals surface area contributed by atoms with Crippen molar-refractivity contribution in [3.8, 4) is 0 Å². The Hall–Kier alpha value is 0.160. The molecule has 4 heteroatoms. The van der Waals surface area contributed by atoms with Crippen LogP contribution in [0, 0.1) is 46.3 Å². The summed E-state index contributed by atoms with van der Waals surface area (Å²) in [6.45, 7) is 13.8. The molecule has 4 fully saturated rings. The van der Waals surface area contributed by atoms with Crippen LogP contribution in [0.15, 0.2) is 0 Å². The fourth-order valence-electron chi connectivity index (χ4n) is 9.55. The van der Waals surface area contributed by atoms with E-state index in [2.05, 4.69) is 57.2 Å². The van der Waals surface area contributed by atoms with Gasteiger partial charge in [-0.2, -0.15) is 0 Å². The zero-order chi connectivity index (χ0) is 24.2. The van der Waals surface area contributed by atoms with Gasteiger partial charge in [-0.15, -0.1) is 0 Å². The molecule has 0 spiro atoms. The molecule has 0 heterocycles. The number of esters is 1. The maximum atomic E-state index is 12.1. The van der Waals surface area contributed by atoms with Crippen LogP contribution >= 0.6 is 22.6 Å². The van der Waals surface area contributed by atoms with E-state index >= 15 is 0 Å². The number of fused-ring (bicyclic) bond motifs is 5. The SMILES string of the molecule is CC(=O)O[C@H]1CC[C@]2(C)[C@H]3CC[C@]4(C)[C@@H]([C@H](C)CCCC(C)C)CC[C@H]4[C@@H]3C[C@@H](I)[C@@]2(O)C1. The molecule has 3 nitrogen and oxygen atoms in total. The van der Waals surface area contributed by atoms with Crippen LogP contribution in [0.4, 0.5) is 0 Å². The molecule has 0 radical (unpaired) electrons. The monoisotopic (exact) mass is 572 g/mol. The van der Waals surface area contributed by atoms with E-state index in [1.165, 1.54) is 51.9 Å². The molecule has 4 aliphatic carbocycles. The zero-order valence-corrected chi connectivity index (χ0v) is 24.2. The minimum Gasteiger partial charge on any atom is -0.462 e. The number of aliphatic hydroxyl groups is 1. The Morgan fingerprint density at radius 3 is 2.45 bits per heavy atom. The number of hydrogen-bond donors (Lipinski definition) is 1. The van der Waals surface area contributed by atoms with E-state index in [0.29, 0.717) is 17.8 Å². The van der Waals surface area contributed by atoms with Gasteiger partial charge in [-0.3, -0.25) is 4.79 Å². The summed E-state index contributed by atoms with van der Waals surface area (Å²) < 4.78 is 5.85. The standard InChI is InChI=1S/C29H49IO3/c1-18(2)8-7-9-19(3)23-10-11-24-22-16-26(30)29(32)17-21(33-20(4)31)12-15-28(29,6)25(22)13-14-27(23,24)5/h18-19,21-26,32H,7-17H2,1-6H3/t19-,21+,22+,23-,24+,25+,26-,27-,28-,29+/m1/s1. The Morgan fingerprint density at radius 1 is 1.06 bits per heavy atom. The summed E-state index contributed by atoms with van der Waals surface area (Å²) in [4.78, 5) is 11.6. The second kappa shape index (κ2) is 9.56. The van der Waals surface area contributed by atoms with Gasteiger partial charge in [0.15, 0.2) is 0 Å². The van der Waals surface area contributed by atoms with Gasteiger partial charge in [0.05, 0.1) is 5.60 Å². The van der Waals surface area contributed by atoms with Gasteiger partial charge in [0.2, 0.25) is 0 Å². The zero-order valence-electron chi connectivity index (χ0n) is 22.0. The van der Waals surface area contributed by atoms with E-state index in [-0.39, 0.29) is 21.4 Å². The molecule has 33 heavy (non-hydrogen) atoms. The Balaban J connectivity index is 1.51. The first-order valence-electron chi connectivity index (χ1n) is 14.0. The summed E-state index contributed by atoms with van der Waals surface area (Å²) in [5.41, 5.74) is -0.292. The molecular formula is C29H49IO3. The summed E-state index contributed by atoms with van der Waals surface area (Å²) >= 11 is 2.56. The third kappa shape index (κ3) is 4.44. The van der Waals surface area contributed by atoms with Crippen LogP contribution in [0.25, 0.3) is 0 Å². The Labute approximate surface area is 216 Å². The molecule has 190 valence electrons. The first-order valence-corrected chi connectivity index (χ1v) is 15.2. The Kier molecular flexibility index (Phi) is 7.60. The number of alkyl halides is 1. The fraction of sp³-hybridized carbons (Fsp3) is 0.966. The lowest BCUT2D eigenvalue weighted by Crippen LogP contribution is -2.67. The number of carbonyl (C=O) groups excluding carboxylic acids is 1.